The molecule has 0 amide bonds. The molecule has 0 bridgehead atoms. The van der Waals surface area contributed by atoms with Gasteiger partial charge in [-0.3, -0.25) is 10.1 Å². The van der Waals surface area contributed by atoms with Crippen molar-refractivity contribution in [3.8, 4) is 0 Å². The summed E-state index contributed by atoms with van der Waals surface area (Å²) < 4.78 is 0. The van der Waals surface area contributed by atoms with Gasteiger partial charge in [0.2, 0.25) is 5.69 Å². The van der Waals surface area contributed by atoms with Gasteiger partial charge in [-0.2, -0.15) is 0 Å². The monoisotopic (exact) mass is 269 g/mol. The minimum absolute atomic E-state index is 0.0676. The van der Waals surface area contributed by atoms with Crippen molar-refractivity contribution in [1.82, 2.24) is 0 Å². The Morgan fingerprint density at radius 3 is 2.10 bits per heavy atom. The first-order chi connectivity index (χ1) is 9.66. The van der Waals surface area contributed by atoms with E-state index in [1.165, 1.54) is 30.5 Å². The second kappa shape index (κ2) is 6.24. The second-order valence-electron chi connectivity index (χ2n) is 3.89. The molecule has 0 aliphatic carbocycles. The van der Waals surface area contributed by atoms with Gasteiger partial charge in [0, 0.05) is 29.4 Å². The van der Waals surface area contributed by atoms with E-state index >= 15 is 0 Å². The number of azo groups is 1. The van der Waals surface area contributed by atoms with E-state index in [1.807, 2.05) is 30.3 Å². The Morgan fingerprint density at radius 2 is 1.50 bits per heavy atom. The van der Waals surface area contributed by atoms with Gasteiger partial charge in [-0.1, -0.05) is 35.2 Å². The first kappa shape index (κ1) is 13.4. The van der Waals surface area contributed by atoms with Crippen LogP contribution in [0.2, 0.25) is 0 Å². The highest BCUT2D eigenvalue weighted by molar-refractivity contribution is 5.48. The van der Waals surface area contributed by atoms with Crippen molar-refractivity contribution < 1.29 is 9.78 Å². The normalized spacial score (nSPS) is 11.7. The fourth-order valence-corrected chi connectivity index (χ4v) is 1.51. The van der Waals surface area contributed by atoms with Crippen LogP contribution in [0.4, 0.5) is 11.4 Å². The molecule has 0 saturated carbocycles. The molecular formula is C14H11N3O3. The standard InChI is InChI=1S/C14H11N3O3/c18-16(13-6-8-14(9-7-13)17(19)20)15-11-10-12-4-2-1-3-5-12/h1-11H/b11-10+,16-15?. The summed E-state index contributed by atoms with van der Waals surface area (Å²) in [4.78, 5) is 10.4. The molecule has 20 heavy (non-hydrogen) atoms. The summed E-state index contributed by atoms with van der Waals surface area (Å²) in [5.74, 6) is 0. The van der Waals surface area contributed by atoms with Gasteiger partial charge in [0.05, 0.1) is 11.1 Å². The first-order valence-corrected chi connectivity index (χ1v) is 5.81. The van der Waals surface area contributed by atoms with Crippen LogP contribution in [0.5, 0.6) is 0 Å². The van der Waals surface area contributed by atoms with Crippen LogP contribution in [-0.4, -0.2) is 9.78 Å². The molecule has 6 heteroatoms. The Kier molecular flexibility index (Phi) is 4.18. The third-order valence-electron chi connectivity index (χ3n) is 2.52. The van der Waals surface area contributed by atoms with Crippen molar-refractivity contribution >= 4 is 17.5 Å². The van der Waals surface area contributed by atoms with Crippen molar-refractivity contribution in [1.29, 1.82) is 0 Å². The molecule has 0 unspecified atom stereocenters. The van der Waals surface area contributed by atoms with Crippen molar-refractivity contribution in [3.05, 3.63) is 81.7 Å². The predicted octanol–water partition coefficient (Wildman–Crippen LogP) is 3.86. The molecule has 2 aromatic rings. The van der Waals surface area contributed by atoms with Crippen LogP contribution in [0.15, 0.2) is 65.9 Å². The van der Waals surface area contributed by atoms with Crippen molar-refractivity contribution in [2.45, 2.75) is 0 Å². The maximum atomic E-state index is 11.6. The fraction of sp³-hybridized carbons (Fsp3) is 0. The number of hydrogen-bond donors (Lipinski definition) is 0. The topological polar surface area (TPSA) is 81.6 Å². The molecule has 0 aromatic heterocycles. The lowest BCUT2D eigenvalue weighted by Crippen LogP contribution is -1.91. The van der Waals surface area contributed by atoms with E-state index < -0.39 is 4.92 Å². The van der Waals surface area contributed by atoms with Crippen LogP contribution in [0.3, 0.4) is 0 Å². The molecule has 0 atom stereocenters. The van der Waals surface area contributed by atoms with Crippen LogP contribution < -0.4 is 0 Å². The van der Waals surface area contributed by atoms with E-state index in [0.29, 0.717) is 4.86 Å². The van der Waals surface area contributed by atoms with E-state index in [2.05, 4.69) is 5.11 Å². The third-order valence-corrected chi connectivity index (χ3v) is 2.52. The van der Waals surface area contributed by atoms with E-state index in [1.54, 1.807) is 6.08 Å². The predicted molar refractivity (Wildman–Crippen MR) is 74.3 cm³/mol. The lowest BCUT2D eigenvalue weighted by molar-refractivity contribution is -0.436. The number of hydrogen-bond acceptors (Lipinski definition) is 4. The van der Waals surface area contributed by atoms with E-state index in [0.717, 1.165) is 5.56 Å². The Labute approximate surface area is 115 Å². The van der Waals surface area contributed by atoms with Gasteiger partial charge in [-0.25, -0.2) is 0 Å². The van der Waals surface area contributed by atoms with Crippen LogP contribution >= 0.6 is 0 Å². The molecule has 0 fully saturated rings. The fourth-order valence-electron chi connectivity index (χ4n) is 1.51. The van der Waals surface area contributed by atoms with Crippen LogP contribution in [0.1, 0.15) is 5.56 Å². The molecule has 6 nitrogen and oxygen atoms in total. The largest absolute Gasteiger partial charge is 0.594 e. The molecule has 0 aliphatic rings. The molecule has 0 N–H and O–H groups in total. The zero-order chi connectivity index (χ0) is 14.4. The molecular weight excluding hydrogens is 258 g/mol. The highest BCUT2D eigenvalue weighted by atomic mass is 16.6. The van der Waals surface area contributed by atoms with Gasteiger partial charge in [0.15, 0.2) is 0 Å². The number of non-ortho nitro benzene ring substituents is 1. The molecule has 2 aromatic carbocycles. The van der Waals surface area contributed by atoms with Crippen molar-refractivity contribution in [3.63, 3.8) is 0 Å². The summed E-state index contributed by atoms with van der Waals surface area (Å²) in [7, 11) is 0. The molecule has 0 radical (unpaired) electrons. The summed E-state index contributed by atoms with van der Waals surface area (Å²) in [5.41, 5.74) is 1.09. The maximum absolute atomic E-state index is 11.6. The molecule has 0 heterocycles. The number of rotatable bonds is 4. The minimum atomic E-state index is -0.522. The number of nitro groups is 1. The summed E-state index contributed by atoms with van der Waals surface area (Å²) in [6, 6.07) is 14.6. The first-order valence-electron chi connectivity index (χ1n) is 5.81. The summed E-state index contributed by atoms with van der Waals surface area (Å²) in [6.45, 7) is 0. The van der Waals surface area contributed by atoms with Crippen molar-refractivity contribution in [2.24, 2.45) is 5.11 Å². The SMILES string of the molecule is O=[N+]([O-])c1ccc([N+]([O-])=N/C=C/c2ccccc2)cc1. The zero-order valence-corrected chi connectivity index (χ0v) is 10.4. The lowest BCUT2D eigenvalue weighted by atomic mass is 10.2. The van der Waals surface area contributed by atoms with Gasteiger partial charge < -0.3 is 5.21 Å². The number of benzene rings is 2. The number of nitrogens with zero attached hydrogens (tertiary/aromatic N) is 3. The minimum Gasteiger partial charge on any atom is -0.594 e. The average Bonchev–Trinajstić information content (AvgIpc) is 2.48. The van der Waals surface area contributed by atoms with Gasteiger partial charge in [-0.05, 0) is 11.6 Å². The second-order valence-corrected chi connectivity index (χ2v) is 3.89. The van der Waals surface area contributed by atoms with Crippen molar-refractivity contribution in [2.75, 3.05) is 0 Å². The van der Waals surface area contributed by atoms with Crippen LogP contribution in [-0.2, 0) is 0 Å². The Hall–Kier alpha value is -3.02. The average molecular weight is 269 g/mol. The Morgan fingerprint density at radius 1 is 0.900 bits per heavy atom. The van der Waals surface area contributed by atoms with Gasteiger partial charge in [-0.15, -0.1) is 0 Å². The third kappa shape index (κ3) is 3.49. The van der Waals surface area contributed by atoms with Gasteiger partial charge >= 0.3 is 0 Å². The Bertz CT molecular complexity index is 649. The molecule has 2 rings (SSSR count). The van der Waals surface area contributed by atoms with Gasteiger partial charge in [0.25, 0.3) is 5.69 Å². The summed E-state index contributed by atoms with van der Waals surface area (Å²) in [5, 5.41) is 25.8. The highest BCUT2D eigenvalue weighted by Crippen LogP contribution is 2.17. The number of nitro benzene ring substituents is 1. The molecule has 0 saturated heterocycles. The lowest BCUT2D eigenvalue weighted by Gasteiger charge is -1.97. The molecule has 0 spiro atoms. The Balaban J connectivity index is 2.10. The van der Waals surface area contributed by atoms with Crippen LogP contribution in [0, 0.1) is 15.3 Å². The molecule has 100 valence electrons. The quantitative estimate of drug-likeness (QED) is 0.365. The van der Waals surface area contributed by atoms with E-state index in [-0.39, 0.29) is 11.4 Å². The molecule has 0 aliphatic heterocycles. The van der Waals surface area contributed by atoms with E-state index in [9.17, 15) is 15.3 Å². The maximum Gasteiger partial charge on any atom is 0.269 e. The van der Waals surface area contributed by atoms with Gasteiger partial charge in [0.1, 0.15) is 0 Å². The zero-order valence-electron chi connectivity index (χ0n) is 10.4. The summed E-state index contributed by atoms with van der Waals surface area (Å²) in [6.07, 6.45) is 3.07. The highest BCUT2D eigenvalue weighted by Gasteiger charge is 2.08. The summed E-state index contributed by atoms with van der Waals surface area (Å²) >= 11 is 0. The van der Waals surface area contributed by atoms with E-state index in [4.69, 9.17) is 0 Å². The smallest absolute Gasteiger partial charge is 0.269 e. The van der Waals surface area contributed by atoms with Crippen LogP contribution in [0.25, 0.3) is 6.08 Å².